The Morgan fingerprint density at radius 1 is 1.42 bits per heavy atom. The molecule has 0 atom stereocenters. The van der Waals surface area contributed by atoms with Gasteiger partial charge in [-0.15, -0.1) is 11.3 Å². The molecule has 0 aliphatic carbocycles. The first-order valence-corrected chi connectivity index (χ1v) is 6.27. The van der Waals surface area contributed by atoms with Crippen molar-refractivity contribution in [3.63, 3.8) is 0 Å². The van der Waals surface area contributed by atoms with Gasteiger partial charge >= 0.3 is 5.97 Å². The molecule has 2 N–H and O–H groups in total. The molecule has 0 amide bonds. The van der Waals surface area contributed by atoms with E-state index >= 15 is 0 Å². The lowest BCUT2D eigenvalue weighted by Crippen LogP contribution is -1.91. The zero-order chi connectivity index (χ0) is 13.6. The first-order valence-electron chi connectivity index (χ1n) is 5.45. The Hall–Kier alpha value is -2.41. The molecule has 0 aliphatic rings. The third kappa shape index (κ3) is 1.75. The quantitative estimate of drug-likeness (QED) is 0.748. The van der Waals surface area contributed by atoms with Gasteiger partial charge in [-0.2, -0.15) is 5.10 Å². The summed E-state index contributed by atoms with van der Waals surface area (Å²) < 4.78 is 1.70. The average Bonchev–Trinajstić information content (AvgIpc) is 2.88. The summed E-state index contributed by atoms with van der Waals surface area (Å²) in [5.74, 6) is -1.64. The number of rotatable bonds is 2. The van der Waals surface area contributed by atoms with Gasteiger partial charge in [0, 0.05) is 6.20 Å². The van der Waals surface area contributed by atoms with Crippen molar-refractivity contribution in [3.05, 3.63) is 35.0 Å². The Labute approximate surface area is 111 Å². The predicted octanol–water partition coefficient (Wildman–Crippen LogP) is 2.17. The van der Waals surface area contributed by atoms with Crippen LogP contribution >= 0.6 is 11.3 Å². The van der Waals surface area contributed by atoms with Gasteiger partial charge in [0.1, 0.15) is 5.01 Å². The number of nitrogens with zero attached hydrogens (tertiary/aromatic N) is 3. The minimum atomic E-state index is -1.18. The van der Waals surface area contributed by atoms with Gasteiger partial charge in [-0.3, -0.25) is 0 Å². The molecule has 96 valence electrons. The summed E-state index contributed by atoms with van der Waals surface area (Å²) >= 11 is 0.940. The van der Waals surface area contributed by atoms with E-state index in [9.17, 15) is 9.90 Å². The summed E-state index contributed by atoms with van der Waals surface area (Å²) in [6.07, 6.45) is 1.80. The van der Waals surface area contributed by atoms with E-state index in [0.29, 0.717) is 5.01 Å². The smallest absolute Gasteiger partial charge is 0.351 e. The molecule has 0 bridgehead atoms. The normalized spacial score (nSPS) is 11.0. The molecule has 7 heteroatoms. The van der Waals surface area contributed by atoms with Crippen molar-refractivity contribution in [2.75, 3.05) is 0 Å². The maximum atomic E-state index is 10.9. The number of aromatic hydroxyl groups is 1. The summed E-state index contributed by atoms with van der Waals surface area (Å²) in [4.78, 5) is 14.7. The van der Waals surface area contributed by atoms with Gasteiger partial charge in [-0.1, -0.05) is 6.07 Å². The number of hydrogen-bond donors (Lipinski definition) is 2. The number of carboxylic acids is 1. The van der Waals surface area contributed by atoms with Crippen LogP contribution in [0.4, 0.5) is 0 Å². The Kier molecular flexibility index (Phi) is 2.49. The van der Waals surface area contributed by atoms with Crippen LogP contribution in [0.5, 0.6) is 5.88 Å². The average molecular weight is 275 g/mol. The molecule has 0 unspecified atom stereocenters. The highest BCUT2D eigenvalue weighted by atomic mass is 32.1. The number of hydrogen-bond acceptors (Lipinski definition) is 5. The van der Waals surface area contributed by atoms with Crippen molar-refractivity contribution in [2.24, 2.45) is 0 Å². The minimum absolute atomic E-state index is 0.162. The molecule has 3 aromatic rings. The molecule has 3 aromatic heterocycles. The molecule has 3 heterocycles. The largest absolute Gasteiger partial charge is 0.492 e. The van der Waals surface area contributed by atoms with E-state index in [1.807, 2.05) is 25.1 Å². The van der Waals surface area contributed by atoms with Crippen molar-refractivity contribution < 1.29 is 15.0 Å². The molecular weight excluding hydrogens is 266 g/mol. The molecule has 19 heavy (non-hydrogen) atoms. The Morgan fingerprint density at radius 2 is 2.21 bits per heavy atom. The predicted molar refractivity (Wildman–Crippen MR) is 69.7 cm³/mol. The Morgan fingerprint density at radius 3 is 2.89 bits per heavy atom. The second-order valence-electron chi connectivity index (χ2n) is 3.97. The second kappa shape index (κ2) is 4.06. The van der Waals surface area contributed by atoms with Gasteiger partial charge < -0.3 is 10.2 Å². The summed E-state index contributed by atoms with van der Waals surface area (Å²) in [6.45, 7) is 1.82. The van der Waals surface area contributed by atoms with Crippen molar-refractivity contribution in [1.29, 1.82) is 0 Å². The van der Waals surface area contributed by atoms with Gasteiger partial charge in [0.05, 0.1) is 16.8 Å². The molecule has 3 rings (SSSR count). The molecule has 0 fully saturated rings. The summed E-state index contributed by atoms with van der Waals surface area (Å²) in [7, 11) is 0. The van der Waals surface area contributed by atoms with Crippen LogP contribution in [0, 0.1) is 6.92 Å². The molecule has 0 aliphatic heterocycles. The lowest BCUT2D eigenvalue weighted by molar-refractivity contribution is 0.0699. The topological polar surface area (TPSA) is 87.7 Å². The van der Waals surface area contributed by atoms with Gasteiger partial charge in [0.2, 0.25) is 5.88 Å². The van der Waals surface area contributed by atoms with Crippen molar-refractivity contribution >= 4 is 22.8 Å². The van der Waals surface area contributed by atoms with E-state index in [1.54, 1.807) is 10.7 Å². The van der Waals surface area contributed by atoms with E-state index in [-0.39, 0.29) is 4.88 Å². The summed E-state index contributed by atoms with van der Waals surface area (Å²) in [6, 6.07) is 5.59. The number of thiazole rings is 1. The van der Waals surface area contributed by atoms with Crippen LogP contribution in [0.25, 0.3) is 16.1 Å². The first-order chi connectivity index (χ1) is 9.08. The third-order valence-electron chi connectivity index (χ3n) is 2.73. The van der Waals surface area contributed by atoms with Gasteiger partial charge in [-0.05, 0) is 19.1 Å². The first kappa shape index (κ1) is 11.7. The standard InChI is InChI=1S/C12H9N3O3S/c1-6-8(7-4-2-3-5-15(7)14-6)11-13-10(16)9(19-11)12(17)18/h2-5,16H,1H3,(H,17,18). The highest BCUT2D eigenvalue weighted by molar-refractivity contribution is 7.17. The SMILES string of the molecule is Cc1nn2ccccc2c1-c1nc(O)c(C(=O)O)s1. The monoisotopic (exact) mass is 275 g/mol. The van der Waals surface area contributed by atoms with Crippen LogP contribution in [0.1, 0.15) is 15.4 Å². The Bertz CT molecular complexity index is 791. The fourth-order valence-corrected chi connectivity index (χ4v) is 2.84. The maximum absolute atomic E-state index is 10.9. The second-order valence-corrected chi connectivity index (χ2v) is 4.97. The zero-order valence-electron chi connectivity index (χ0n) is 9.86. The van der Waals surface area contributed by atoms with Gasteiger partial charge in [-0.25, -0.2) is 14.3 Å². The molecule has 0 spiro atoms. The number of carbonyl (C=O) groups is 1. The van der Waals surface area contributed by atoms with Crippen molar-refractivity contribution in [3.8, 4) is 16.5 Å². The van der Waals surface area contributed by atoms with Crippen LogP contribution in [-0.4, -0.2) is 30.8 Å². The van der Waals surface area contributed by atoms with E-state index in [1.165, 1.54) is 0 Å². The number of aryl methyl sites for hydroxylation is 1. The van der Waals surface area contributed by atoms with Crippen molar-refractivity contribution in [2.45, 2.75) is 6.92 Å². The zero-order valence-corrected chi connectivity index (χ0v) is 10.7. The lowest BCUT2D eigenvalue weighted by Gasteiger charge is -1.94. The summed E-state index contributed by atoms with van der Waals surface area (Å²) in [5.41, 5.74) is 2.30. The highest BCUT2D eigenvalue weighted by Crippen LogP contribution is 2.35. The number of carboxylic acid groups (broad SMARTS) is 1. The van der Waals surface area contributed by atoms with Crippen molar-refractivity contribution in [1.82, 2.24) is 14.6 Å². The van der Waals surface area contributed by atoms with E-state index in [0.717, 1.165) is 28.1 Å². The number of aromatic carboxylic acids is 1. The number of fused-ring (bicyclic) bond motifs is 1. The molecule has 0 aromatic carbocycles. The fraction of sp³-hybridized carbons (Fsp3) is 0.0833. The number of pyridine rings is 1. The fourth-order valence-electron chi connectivity index (χ4n) is 1.94. The van der Waals surface area contributed by atoms with Crippen LogP contribution in [0.2, 0.25) is 0 Å². The van der Waals surface area contributed by atoms with Gasteiger partial charge in [0.25, 0.3) is 0 Å². The third-order valence-corrected chi connectivity index (χ3v) is 3.78. The van der Waals surface area contributed by atoms with Crippen LogP contribution in [0.3, 0.4) is 0 Å². The molecule has 6 nitrogen and oxygen atoms in total. The summed E-state index contributed by atoms with van der Waals surface area (Å²) in [5, 5.41) is 23.3. The van der Waals surface area contributed by atoms with E-state index in [2.05, 4.69) is 10.1 Å². The van der Waals surface area contributed by atoms with Crippen LogP contribution in [-0.2, 0) is 0 Å². The van der Waals surface area contributed by atoms with E-state index < -0.39 is 11.8 Å². The van der Waals surface area contributed by atoms with Gasteiger partial charge in [0.15, 0.2) is 4.88 Å². The number of aromatic nitrogens is 3. The van der Waals surface area contributed by atoms with Crippen LogP contribution < -0.4 is 0 Å². The molecule has 0 saturated heterocycles. The molecule has 0 saturated carbocycles. The Balaban J connectivity index is 2.27. The van der Waals surface area contributed by atoms with E-state index in [4.69, 9.17) is 5.11 Å². The molecule has 0 radical (unpaired) electrons. The maximum Gasteiger partial charge on any atom is 0.351 e. The van der Waals surface area contributed by atoms with Crippen LogP contribution in [0.15, 0.2) is 24.4 Å². The minimum Gasteiger partial charge on any atom is -0.492 e. The molecular formula is C12H9N3O3S. The lowest BCUT2D eigenvalue weighted by atomic mass is 10.2. The highest BCUT2D eigenvalue weighted by Gasteiger charge is 2.21.